The van der Waals surface area contributed by atoms with Crippen molar-refractivity contribution in [3.8, 4) is 5.75 Å². The lowest BCUT2D eigenvalue weighted by Gasteiger charge is -2.19. The summed E-state index contributed by atoms with van der Waals surface area (Å²) >= 11 is 12.2. The third-order valence-corrected chi connectivity index (χ3v) is 4.25. The van der Waals surface area contributed by atoms with Crippen LogP contribution >= 0.6 is 23.2 Å². The number of nitrogens with one attached hydrogen (secondary N) is 1. The molecule has 0 bridgehead atoms. The maximum Gasteiger partial charge on any atom is 0.131 e. The predicted octanol–water partition coefficient (Wildman–Crippen LogP) is 4.64. The first-order chi connectivity index (χ1) is 10.1. The van der Waals surface area contributed by atoms with Gasteiger partial charge < -0.3 is 10.1 Å². The van der Waals surface area contributed by atoms with Crippen molar-refractivity contribution in [1.82, 2.24) is 5.32 Å². The van der Waals surface area contributed by atoms with Gasteiger partial charge in [-0.3, -0.25) is 0 Å². The quantitative estimate of drug-likeness (QED) is 0.863. The van der Waals surface area contributed by atoms with Crippen LogP contribution in [0, 0.1) is 5.82 Å². The number of hydrogen-bond donors (Lipinski definition) is 1. The normalized spacial score (nSPS) is 12.2. The molecule has 0 saturated carbocycles. The van der Waals surface area contributed by atoms with Crippen LogP contribution in [0.5, 0.6) is 5.75 Å². The standard InChI is InChI=1S/C16H16Cl2FNO/c1-20-15(8-10-4-3-5-13(17)16(10)18)12-7-6-11(21-2)9-14(12)19/h3-7,9,15,20H,8H2,1-2H3. The Morgan fingerprint density at radius 2 is 2.00 bits per heavy atom. The third-order valence-electron chi connectivity index (χ3n) is 3.39. The number of methoxy groups -OCH3 is 1. The van der Waals surface area contributed by atoms with E-state index in [0.29, 0.717) is 27.8 Å². The first-order valence-corrected chi connectivity index (χ1v) is 7.26. The van der Waals surface area contributed by atoms with Crippen LogP contribution in [-0.4, -0.2) is 14.2 Å². The zero-order valence-corrected chi connectivity index (χ0v) is 13.3. The van der Waals surface area contributed by atoms with E-state index < -0.39 is 0 Å². The maximum absolute atomic E-state index is 14.2. The van der Waals surface area contributed by atoms with Crippen LogP contribution in [-0.2, 0) is 6.42 Å². The van der Waals surface area contributed by atoms with Crippen molar-refractivity contribution in [3.63, 3.8) is 0 Å². The molecule has 0 amide bonds. The molecule has 0 aliphatic heterocycles. The van der Waals surface area contributed by atoms with E-state index in [0.717, 1.165) is 5.56 Å². The summed E-state index contributed by atoms with van der Waals surface area (Å²) in [7, 11) is 3.29. The highest BCUT2D eigenvalue weighted by atomic mass is 35.5. The molecule has 1 atom stereocenters. The third kappa shape index (κ3) is 3.67. The van der Waals surface area contributed by atoms with Gasteiger partial charge in [0.25, 0.3) is 0 Å². The van der Waals surface area contributed by atoms with Gasteiger partial charge in [0.15, 0.2) is 0 Å². The fraction of sp³-hybridized carbons (Fsp3) is 0.250. The van der Waals surface area contributed by atoms with Gasteiger partial charge >= 0.3 is 0 Å². The molecule has 0 aromatic heterocycles. The molecule has 2 aromatic carbocycles. The molecule has 0 saturated heterocycles. The molecular weight excluding hydrogens is 312 g/mol. The van der Waals surface area contributed by atoms with Crippen molar-refractivity contribution in [2.75, 3.05) is 14.2 Å². The second-order valence-corrected chi connectivity index (χ2v) is 5.43. The summed E-state index contributed by atoms with van der Waals surface area (Å²) in [5.74, 6) is 0.179. The van der Waals surface area contributed by atoms with Gasteiger partial charge in [-0.2, -0.15) is 0 Å². The smallest absolute Gasteiger partial charge is 0.131 e. The molecule has 0 spiro atoms. The van der Waals surface area contributed by atoms with Crippen molar-refractivity contribution < 1.29 is 9.13 Å². The highest BCUT2D eigenvalue weighted by Gasteiger charge is 2.17. The lowest BCUT2D eigenvalue weighted by Crippen LogP contribution is -2.20. The van der Waals surface area contributed by atoms with Crippen LogP contribution in [0.25, 0.3) is 0 Å². The highest BCUT2D eigenvalue weighted by molar-refractivity contribution is 6.42. The van der Waals surface area contributed by atoms with E-state index in [1.807, 2.05) is 12.1 Å². The van der Waals surface area contributed by atoms with Gasteiger partial charge in [-0.1, -0.05) is 41.4 Å². The number of benzene rings is 2. The zero-order chi connectivity index (χ0) is 15.4. The van der Waals surface area contributed by atoms with Gasteiger partial charge in [0.1, 0.15) is 11.6 Å². The largest absolute Gasteiger partial charge is 0.497 e. The minimum atomic E-state index is -0.313. The van der Waals surface area contributed by atoms with Gasteiger partial charge in [-0.05, 0) is 31.2 Å². The van der Waals surface area contributed by atoms with Crippen LogP contribution in [0.1, 0.15) is 17.2 Å². The molecule has 0 heterocycles. The van der Waals surface area contributed by atoms with Crippen molar-refractivity contribution in [2.24, 2.45) is 0 Å². The van der Waals surface area contributed by atoms with E-state index in [-0.39, 0.29) is 11.9 Å². The summed E-state index contributed by atoms with van der Waals surface area (Å²) in [6.45, 7) is 0. The minimum absolute atomic E-state index is 0.202. The molecule has 0 fully saturated rings. The van der Waals surface area contributed by atoms with Crippen LogP contribution in [0.3, 0.4) is 0 Å². The van der Waals surface area contributed by atoms with Crippen molar-refractivity contribution in [2.45, 2.75) is 12.5 Å². The second kappa shape index (κ2) is 7.12. The fourth-order valence-corrected chi connectivity index (χ4v) is 2.61. The van der Waals surface area contributed by atoms with E-state index in [4.69, 9.17) is 27.9 Å². The molecule has 0 radical (unpaired) electrons. The van der Waals surface area contributed by atoms with Crippen molar-refractivity contribution in [3.05, 3.63) is 63.4 Å². The van der Waals surface area contributed by atoms with Crippen LogP contribution < -0.4 is 10.1 Å². The molecule has 1 unspecified atom stereocenters. The van der Waals surface area contributed by atoms with Crippen LogP contribution in [0.2, 0.25) is 10.0 Å². The van der Waals surface area contributed by atoms with E-state index >= 15 is 0 Å². The number of ether oxygens (including phenoxy) is 1. The van der Waals surface area contributed by atoms with Crippen LogP contribution in [0.15, 0.2) is 36.4 Å². The molecular formula is C16H16Cl2FNO. The zero-order valence-electron chi connectivity index (χ0n) is 11.8. The summed E-state index contributed by atoms with van der Waals surface area (Å²) in [5, 5.41) is 4.12. The SMILES string of the molecule is CNC(Cc1cccc(Cl)c1Cl)c1ccc(OC)cc1F. The first-order valence-electron chi connectivity index (χ1n) is 6.50. The summed E-state index contributed by atoms with van der Waals surface area (Å²) in [6.07, 6.45) is 0.541. The number of hydrogen-bond acceptors (Lipinski definition) is 2. The Bertz CT molecular complexity index is 634. The summed E-state index contributed by atoms with van der Waals surface area (Å²) in [4.78, 5) is 0. The average molecular weight is 328 g/mol. The Morgan fingerprint density at radius 3 is 2.62 bits per heavy atom. The van der Waals surface area contributed by atoms with E-state index in [1.54, 1.807) is 25.2 Å². The topological polar surface area (TPSA) is 21.3 Å². The molecule has 2 aromatic rings. The van der Waals surface area contributed by atoms with Gasteiger partial charge in [0.05, 0.1) is 17.2 Å². The summed E-state index contributed by atoms with van der Waals surface area (Å²) in [6, 6.07) is 10.1. The Balaban J connectivity index is 2.30. The molecule has 21 heavy (non-hydrogen) atoms. The molecule has 1 N–H and O–H groups in total. The second-order valence-electron chi connectivity index (χ2n) is 4.65. The van der Waals surface area contributed by atoms with Gasteiger partial charge in [-0.25, -0.2) is 4.39 Å². The van der Waals surface area contributed by atoms with Gasteiger partial charge in [0, 0.05) is 17.7 Å². The van der Waals surface area contributed by atoms with E-state index in [2.05, 4.69) is 5.32 Å². The predicted molar refractivity (Wildman–Crippen MR) is 84.9 cm³/mol. The van der Waals surface area contributed by atoms with Gasteiger partial charge in [-0.15, -0.1) is 0 Å². The highest BCUT2D eigenvalue weighted by Crippen LogP contribution is 2.30. The Morgan fingerprint density at radius 1 is 1.24 bits per heavy atom. The monoisotopic (exact) mass is 327 g/mol. The molecule has 0 aliphatic rings. The summed E-state index contributed by atoms with van der Waals surface area (Å²) in [5.41, 5.74) is 1.44. The number of likely N-dealkylation sites (N-methyl/N-ethyl adjacent to an activating group) is 1. The lowest BCUT2D eigenvalue weighted by molar-refractivity contribution is 0.409. The molecule has 2 rings (SSSR count). The van der Waals surface area contributed by atoms with Crippen molar-refractivity contribution in [1.29, 1.82) is 0 Å². The Hall–Kier alpha value is -1.29. The number of rotatable bonds is 5. The average Bonchev–Trinajstić information content (AvgIpc) is 2.49. The van der Waals surface area contributed by atoms with E-state index in [1.165, 1.54) is 13.2 Å². The summed E-state index contributed by atoms with van der Waals surface area (Å²) < 4.78 is 19.2. The van der Waals surface area contributed by atoms with E-state index in [9.17, 15) is 4.39 Å². The van der Waals surface area contributed by atoms with Crippen LogP contribution in [0.4, 0.5) is 4.39 Å². The minimum Gasteiger partial charge on any atom is -0.497 e. The molecule has 2 nitrogen and oxygen atoms in total. The lowest BCUT2D eigenvalue weighted by atomic mass is 9.98. The van der Waals surface area contributed by atoms with Crippen molar-refractivity contribution >= 4 is 23.2 Å². The number of halogens is 3. The molecule has 0 aliphatic carbocycles. The Kier molecular flexibility index (Phi) is 5.45. The maximum atomic E-state index is 14.2. The fourth-order valence-electron chi connectivity index (χ4n) is 2.21. The molecule has 5 heteroatoms. The van der Waals surface area contributed by atoms with Gasteiger partial charge in [0.2, 0.25) is 0 Å². The molecule has 112 valence electrons. The Labute approximate surface area is 133 Å². The first kappa shape index (κ1) is 16.1.